The van der Waals surface area contributed by atoms with E-state index >= 15 is 0 Å². The van der Waals surface area contributed by atoms with Crippen molar-refractivity contribution in [2.75, 3.05) is 0 Å². The molecular weight excluding hydrogens is 255 g/mol. The highest BCUT2D eigenvalue weighted by Crippen LogP contribution is 2.30. The van der Waals surface area contributed by atoms with E-state index in [1.54, 1.807) is 17.8 Å². The number of thioether (sulfide) groups is 1. The number of halogens is 1. The zero-order valence-corrected chi connectivity index (χ0v) is 11.2. The third kappa shape index (κ3) is 2.64. The lowest BCUT2D eigenvalue weighted by Gasteiger charge is -2.07. The van der Waals surface area contributed by atoms with Gasteiger partial charge in [-0.3, -0.25) is 0 Å². The minimum atomic E-state index is -0.129. The zero-order valence-electron chi connectivity index (χ0n) is 10.3. The van der Waals surface area contributed by atoms with Gasteiger partial charge < -0.3 is 0 Å². The van der Waals surface area contributed by atoms with Gasteiger partial charge in [-0.25, -0.2) is 4.39 Å². The van der Waals surface area contributed by atoms with Gasteiger partial charge in [0.05, 0.1) is 0 Å². The first kappa shape index (κ1) is 12.2. The Kier molecular flexibility index (Phi) is 3.51. The lowest BCUT2D eigenvalue weighted by molar-refractivity contribution is 0.617. The molecule has 0 spiro atoms. The van der Waals surface area contributed by atoms with Crippen LogP contribution in [0.15, 0.2) is 71.6 Å². The van der Waals surface area contributed by atoms with Crippen LogP contribution in [-0.4, -0.2) is 0 Å². The number of hydrogen-bond donors (Lipinski definition) is 0. The minimum absolute atomic E-state index is 0.129. The molecule has 94 valence electrons. The number of hydrogen-bond acceptors (Lipinski definition) is 1. The van der Waals surface area contributed by atoms with Crippen LogP contribution in [0.4, 0.5) is 4.39 Å². The third-order valence-corrected chi connectivity index (χ3v) is 4.21. The van der Waals surface area contributed by atoms with Gasteiger partial charge in [-0.2, -0.15) is 0 Å². The van der Waals surface area contributed by atoms with Crippen LogP contribution >= 0.6 is 11.8 Å². The molecule has 0 aliphatic rings. The Morgan fingerprint density at radius 2 is 1.53 bits per heavy atom. The maximum absolute atomic E-state index is 13.6. The van der Waals surface area contributed by atoms with Crippen LogP contribution in [0.3, 0.4) is 0 Å². The number of benzene rings is 3. The molecule has 0 unspecified atom stereocenters. The fourth-order valence-corrected chi connectivity index (χ4v) is 3.15. The first-order valence-corrected chi connectivity index (χ1v) is 7.17. The molecule has 2 heteroatoms. The average Bonchev–Trinajstić information content (AvgIpc) is 2.46. The van der Waals surface area contributed by atoms with E-state index in [1.165, 1.54) is 21.7 Å². The topological polar surface area (TPSA) is 0 Å². The van der Waals surface area contributed by atoms with E-state index in [1.807, 2.05) is 30.3 Å². The van der Waals surface area contributed by atoms with E-state index in [2.05, 4.69) is 24.3 Å². The summed E-state index contributed by atoms with van der Waals surface area (Å²) in [5, 5.41) is 2.45. The van der Waals surface area contributed by atoms with Gasteiger partial charge in [0.2, 0.25) is 0 Å². The first-order chi connectivity index (χ1) is 9.34. The molecule has 3 aromatic rings. The molecule has 3 aromatic carbocycles. The fourth-order valence-electron chi connectivity index (χ4n) is 2.09. The van der Waals surface area contributed by atoms with Crippen molar-refractivity contribution in [1.82, 2.24) is 0 Å². The summed E-state index contributed by atoms with van der Waals surface area (Å²) < 4.78 is 13.6. The van der Waals surface area contributed by atoms with Gasteiger partial charge in [0.25, 0.3) is 0 Å². The van der Waals surface area contributed by atoms with Crippen LogP contribution < -0.4 is 0 Å². The molecule has 0 nitrogen and oxygen atoms in total. The molecule has 0 aliphatic carbocycles. The SMILES string of the molecule is Fc1ccccc1CSc1cccc2ccccc12. The molecule has 0 radical (unpaired) electrons. The molecule has 0 bridgehead atoms. The Bertz CT molecular complexity index is 701. The van der Waals surface area contributed by atoms with Gasteiger partial charge in [-0.05, 0) is 28.5 Å². The molecular formula is C17H13FS. The van der Waals surface area contributed by atoms with Crippen LogP contribution in [0, 0.1) is 5.82 Å². The minimum Gasteiger partial charge on any atom is -0.207 e. The molecule has 0 heterocycles. The molecule has 0 saturated carbocycles. The van der Waals surface area contributed by atoms with Crippen LogP contribution in [0.2, 0.25) is 0 Å². The molecule has 0 aromatic heterocycles. The molecule has 3 rings (SSSR count). The van der Waals surface area contributed by atoms with E-state index < -0.39 is 0 Å². The summed E-state index contributed by atoms with van der Waals surface area (Å²) in [5.41, 5.74) is 0.750. The van der Waals surface area contributed by atoms with Crippen LogP contribution in [0.1, 0.15) is 5.56 Å². The van der Waals surface area contributed by atoms with Gasteiger partial charge in [0.15, 0.2) is 0 Å². The fraction of sp³-hybridized carbons (Fsp3) is 0.0588. The molecule has 0 aliphatic heterocycles. The summed E-state index contributed by atoms with van der Waals surface area (Å²) in [4.78, 5) is 1.20. The van der Waals surface area contributed by atoms with Crippen molar-refractivity contribution in [3.8, 4) is 0 Å². The smallest absolute Gasteiger partial charge is 0.127 e. The molecule has 0 fully saturated rings. The molecule has 0 N–H and O–H groups in total. The van der Waals surface area contributed by atoms with Crippen LogP contribution in [-0.2, 0) is 5.75 Å². The summed E-state index contributed by atoms with van der Waals surface area (Å²) in [6.45, 7) is 0. The predicted octanol–water partition coefficient (Wildman–Crippen LogP) is 5.27. The van der Waals surface area contributed by atoms with Crippen molar-refractivity contribution in [2.24, 2.45) is 0 Å². The quantitative estimate of drug-likeness (QED) is 0.583. The largest absolute Gasteiger partial charge is 0.207 e. The lowest BCUT2D eigenvalue weighted by atomic mass is 10.1. The Morgan fingerprint density at radius 3 is 2.42 bits per heavy atom. The number of fused-ring (bicyclic) bond motifs is 1. The van der Waals surface area contributed by atoms with Crippen molar-refractivity contribution >= 4 is 22.5 Å². The van der Waals surface area contributed by atoms with Gasteiger partial charge in [-0.1, -0.05) is 54.6 Å². The Balaban J connectivity index is 1.88. The summed E-state index contributed by atoms with van der Waals surface area (Å²) in [6.07, 6.45) is 0. The molecule has 0 saturated heterocycles. The van der Waals surface area contributed by atoms with Crippen molar-refractivity contribution in [3.05, 3.63) is 78.1 Å². The third-order valence-electron chi connectivity index (χ3n) is 3.09. The summed E-state index contributed by atoms with van der Waals surface area (Å²) >= 11 is 1.68. The Hall–Kier alpha value is -1.80. The maximum atomic E-state index is 13.6. The van der Waals surface area contributed by atoms with E-state index in [0.29, 0.717) is 5.75 Å². The van der Waals surface area contributed by atoms with Gasteiger partial charge in [0, 0.05) is 10.6 Å². The summed E-state index contributed by atoms with van der Waals surface area (Å²) in [6, 6.07) is 21.5. The standard InChI is InChI=1S/C17H13FS/c18-16-10-4-2-7-14(16)12-19-17-11-5-8-13-6-1-3-9-15(13)17/h1-11H,12H2. The second-order valence-electron chi connectivity index (χ2n) is 4.36. The number of rotatable bonds is 3. The van der Waals surface area contributed by atoms with Crippen molar-refractivity contribution in [1.29, 1.82) is 0 Å². The van der Waals surface area contributed by atoms with Gasteiger partial charge in [0.1, 0.15) is 5.82 Å². The lowest BCUT2D eigenvalue weighted by Crippen LogP contribution is -1.86. The summed E-state index contributed by atoms with van der Waals surface area (Å²) in [5.74, 6) is 0.524. The predicted molar refractivity (Wildman–Crippen MR) is 79.9 cm³/mol. The Morgan fingerprint density at radius 1 is 0.789 bits per heavy atom. The normalized spacial score (nSPS) is 10.8. The van der Waals surface area contributed by atoms with E-state index in [4.69, 9.17) is 0 Å². The molecule has 0 amide bonds. The molecule has 0 atom stereocenters. The van der Waals surface area contributed by atoms with Crippen molar-refractivity contribution < 1.29 is 4.39 Å². The average molecular weight is 268 g/mol. The second-order valence-corrected chi connectivity index (χ2v) is 5.37. The van der Waals surface area contributed by atoms with Crippen molar-refractivity contribution in [2.45, 2.75) is 10.6 Å². The van der Waals surface area contributed by atoms with Crippen molar-refractivity contribution in [3.63, 3.8) is 0 Å². The van der Waals surface area contributed by atoms with E-state index in [9.17, 15) is 4.39 Å². The molecule has 19 heavy (non-hydrogen) atoms. The van der Waals surface area contributed by atoms with Crippen LogP contribution in [0.25, 0.3) is 10.8 Å². The highest BCUT2D eigenvalue weighted by molar-refractivity contribution is 7.98. The van der Waals surface area contributed by atoms with Crippen LogP contribution in [0.5, 0.6) is 0 Å². The first-order valence-electron chi connectivity index (χ1n) is 6.18. The maximum Gasteiger partial charge on any atom is 0.127 e. The monoisotopic (exact) mass is 268 g/mol. The van der Waals surface area contributed by atoms with Gasteiger partial charge >= 0.3 is 0 Å². The van der Waals surface area contributed by atoms with E-state index in [0.717, 1.165) is 5.56 Å². The Labute approximate surface area is 116 Å². The van der Waals surface area contributed by atoms with Gasteiger partial charge in [-0.15, -0.1) is 11.8 Å². The highest BCUT2D eigenvalue weighted by Gasteiger charge is 2.04. The zero-order chi connectivity index (χ0) is 13.1. The highest BCUT2D eigenvalue weighted by atomic mass is 32.2. The summed E-state index contributed by atoms with van der Waals surface area (Å²) in [7, 11) is 0. The van der Waals surface area contributed by atoms with E-state index in [-0.39, 0.29) is 5.82 Å². The second kappa shape index (κ2) is 5.45.